The summed E-state index contributed by atoms with van der Waals surface area (Å²) in [7, 11) is 0. The summed E-state index contributed by atoms with van der Waals surface area (Å²) < 4.78 is 0. The Labute approximate surface area is 99.2 Å². The average molecular weight is 228 g/mol. The number of hydrogen-bond acceptors (Lipinski definition) is 3. The first-order valence-electron chi connectivity index (χ1n) is 5.28. The summed E-state index contributed by atoms with van der Waals surface area (Å²) in [5, 5.41) is 11.2. The fraction of sp³-hybridized carbons (Fsp3) is 0.231. The van der Waals surface area contributed by atoms with Crippen LogP contribution in [0, 0.1) is 11.3 Å². The first-order valence-corrected chi connectivity index (χ1v) is 6.16. The molecule has 1 heterocycles. The third-order valence-corrected chi connectivity index (χ3v) is 3.14. The highest BCUT2D eigenvalue weighted by Crippen LogP contribution is 2.22. The van der Waals surface area contributed by atoms with E-state index in [1.165, 1.54) is 16.9 Å². The van der Waals surface area contributed by atoms with E-state index in [4.69, 9.17) is 5.26 Å². The zero-order chi connectivity index (χ0) is 11.4. The van der Waals surface area contributed by atoms with Gasteiger partial charge in [-0.2, -0.15) is 5.26 Å². The van der Waals surface area contributed by atoms with Crippen LogP contribution in [0.3, 0.4) is 0 Å². The van der Waals surface area contributed by atoms with Crippen molar-refractivity contribution in [2.24, 2.45) is 0 Å². The van der Waals surface area contributed by atoms with Gasteiger partial charge in [0.25, 0.3) is 0 Å². The summed E-state index contributed by atoms with van der Waals surface area (Å²) in [6, 6.07) is 10.5. The third kappa shape index (κ3) is 2.29. The number of thiazole rings is 1. The highest BCUT2D eigenvalue weighted by Gasteiger charge is 2.03. The molecule has 0 atom stereocenters. The van der Waals surface area contributed by atoms with Gasteiger partial charge < -0.3 is 0 Å². The van der Waals surface area contributed by atoms with E-state index in [-0.39, 0.29) is 0 Å². The SMILES string of the molecule is CCCc1ccc(-c2csc(C#N)n2)cc1. The molecule has 0 fully saturated rings. The van der Waals surface area contributed by atoms with Crippen LogP contribution in [-0.2, 0) is 6.42 Å². The van der Waals surface area contributed by atoms with Crippen molar-refractivity contribution in [3.63, 3.8) is 0 Å². The monoisotopic (exact) mass is 228 g/mol. The van der Waals surface area contributed by atoms with Crippen LogP contribution in [0.5, 0.6) is 0 Å². The highest BCUT2D eigenvalue weighted by molar-refractivity contribution is 7.10. The predicted octanol–water partition coefficient (Wildman–Crippen LogP) is 3.63. The van der Waals surface area contributed by atoms with E-state index in [1.807, 2.05) is 5.38 Å². The predicted molar refractivity (Wildman–Crippen MR) is 66.3 cm³/mol. The molecule has 80 valence electrons. The molecule has 3 heteroatoms. The standard InChI is InChI=1S/C13H12N2S/c1-2-3-10-4-6-11(7-5-10)12-9-16-13(8-14)15-12/h4-7,9H,2-3H2,1H3. The van der Waals surface area contributed by atoms with Gasteiger partial charge in [0.15, 0.2) is 5.01 Å². The van der Waals surface area contributed by atoms with E-state index in [2.05, 4.69) is 42.2 Å². The normalized spacial score (nSPS) is 10.0. The van der Waals surface area contributed by atoms with Crippen LogP contribution >= 0.6 is 11.3 Å². The van der Waals surface area contributed by atoms with Crippen LogP contribution in [0.4, 0.5) is 0 Å². The molecule has 0 N–H and O–H groups in total. The Bertz CT molecular complexity index is 505. The summed E-state index contributed by atoms with van der Waals surface area (Å²) in [6.45, 7) is 2.17. The largest absolute Gasteiger partial charge is 0.226 e. The van der Waals surface area contributed by atoms with Crippen LogP contribution < -0.4 is 0 Å². The lowest BCUT2D eigenvalue weighted by Crippen LogP contribution is -1.83. The average Bonchev–Trinajstić information content (AvgIpc) is 2.79. The van der Waals surface area contributed by atoms with E-state index < -0.39 is 0 Å². The summed E-state index contributed by atoms with van der Waals surface area (Å²) in [4.78, 5) is 4.23. The van der Waals surface area contributed by atoms with E-state index in [1.54, 1.807) is 0 Å². The second-order valence-corrected chi connectivity index (χ2v) is 4.45. The van der Waals surface area contributed by atoms with Crippen LogP contribution in [0.1, 0.15) is 23.9 Å². The van der Waals surface area contributed by atoms with Crippen molar-refractivity contribution in [2.45, 2.75) is 19.8 Å². The molecule has 0 aliphatic carbocycles. The Morgan fingerprint density at radius 1 is 1.31 bits per heavy atom. The molecule has 0 amide bonds. The van der Waals surface area contributed by atoms with E-state index in [9.17, 15) is 0 Å². The van der Waals surface area contributed by atoms with Gasteiger partial charge in [-0.05, 0) is 12.0 Å². The zero-order valence-electron chi connectivity index (χ0n) is 9.10. The Balaban J connectivity index is 2.24. The summed E-state index contributed by atoms with van der Waals surface area (Å²) in [5.41, 5.74) is 3.32. The minimum absolute atomic E-state index is 0.521. The molecule has 2 aromatic rings. The van der Waals surface area contributed by atoms with Gasteiger partial charge in [0.05, 0.1) is 5.69 Å². The number of nitrogens with zero attached hydrogens (tertiary/aromatic N) is 2. The Hall–Kier alpha value is -1.66. The van der Waals surface area contributed by atoms with Crippen molar-refractivity contribution >= 4 is 11.3 Å². The molecular weight excluding hydrogens is 216 g/mol. The maximum absolute atomic E-state index is 8.71. The summed E-state index contributed by atoms with van der Waals surface area (Å²) in [6.07, 6.45) is 2.27. The van der Waals surface area contributed by atoms with Crippen molar-refractivity contribution in [2.75, 3.05) is 0 Å². The zero-order valence-corrected chi connectivity index (χ0v) is 9.92. The molecule has 0 bridgehead atoms. The first-order chi connectivity index (χ1) is 7.83. The van der Waals surface area contributed by atoms with E-state index in [0.717, 1.165) is 24.1 Å². The maximum Gasteiger partial charge on any atom is 0.194 e. The van der Waals surface area contributed by atoms with Crippen molar-refractivity contribution in [1.29, 1.82) is 5.26 Å². The van der Waals surface area contributed by atoms with Crippen molar-refractivity contribution < 1.29 is 0 Å². The molecule has 0 aliphatic rings. The molecular formula is C13H12N2S. The Morgan fingerprint density at radius 3 is 2.62 bits per heavy atom. The fourth-order valence-electron chi connectivity index (χ4n) is 1.59. The lowest BCUT2D eigenvalue weighted by atomic mass is 10.1. The van der Waals surface area contributed by atoms with Gasteiger partial charge in [-0.25, -0.2) is 4.98 Å². The van der Waals surface area contributed by atoms with Crippen molar-refractivity contribution in [1.82, 2.24) is 4.98 Å². The third-order valence-electron chi connectivity index (χ3n) is 2.39. The molecule has 0 radical (unpaired) electrons. The van der Waals surface area contributed by atoms with Gasteiger partial charge >= 0.3 is 0 Å². The molecule has 0 saturated carbocycles. The minimum Gasteiger partial charge on any atom is -0.226 e. The van der Waals surface area contributed by atoms with Crippen LogP contribution in [-0.4, -0.2) is 4.98 Å². The Kier molecular flexibility index (Phi) is 3.33. The first kappa shape index (κ1) is 10.8. The van der Waals surface area contributed by atoms with Crippen LogP contribution in [0.25, 0.3) is 11.3 Å². The fourth-order valence-corrected chi connectivity index (χ4v) is 2.20. The smallest absolute Gasteiger partial charge is 0.194 e. The lowest BCUT2D eigenvalue weighted by molar-refractivity contribution is 0.922. The number of aromatic nitrogens is 1. The van der Waals surface area contributed by atoms with E-state index in [0.29, 0.717) is 5.01 Å². The van der Waals surface area contributed by atoms with Gasteiger partial charge in [0.1, 0.15) is 6.07 Å². The number of benzene rings is 1. The number of hydrogen-bond donors (Lipinski definition) is 0. The molecule has 0 saturated heterocycles. The molecule has 2 nitrogen and oxygen atoms in total. The second kappa shape index (κ2) is 4.91. The van der Waals surface area contributed by atoms with Gasteiger partial charge in [-0.15, -0.1) is 11.3 Å². The molecule has 2 rings (SSSR count). The summed E-state index contributed by atoms with van der Waals surface area (Å²) in [5.74, 6) is 0. The maximum atomic E-state index is 8.71. The number of nitriles is 1. The molecule has 0 aliphatic heterocycles. The van der Waals surface area contributed by atoms with Crippen molar-refractivity contribution in [3.8, 4) is 17.3 Å². The topological polar surface area (TPSA) is 36.7 Å². The molecule has 16 heavy (non-hydrogen) atoms. The second-order valence-electron chi connectivity index (χ2n) is 3.60. The Morgan fingerprint density at radius 2 is 2.06 bits per heavy atom. The number of aryl methyl sites for hydroxylation is 1. The van der Waals surface area contributed by atoms with Gasteiger partial charge in [0, 0.05) is 10.9 Å². The van der Waals surface area contributed by atoms with Crippen LogP contribution in [0.15, 0.2) is 29.6 Å². The van der Waals surface area contributed by atoms with Gasteiger partial charge in [-0.1, -0.05) is 37.6 Å². The van der Waals surface area contributed by atoms with E-state index >= 15 is 0 Å². The lowest BCUT2D eigenvalue weighted by Gasteiger charge is -2.00. The minimum atomic E-state index is 0.521. The quantitative estimate of drug-likeness (QED) is 0.804. The van der Waals surface area contributed by atoms with Crippen LogP contribution in [0.2, 0.25) is 0 Å². The van der Waals surface area contributed by atoms with Gasteiger partial charge in [-0.3, -0.25) is 0 Å². The number of rotatable bonds is 3. The molecule has 0 unspecified atom stereocenters. The highest BCUT2D eigenvalue weighted by atomic mass is 32.1. The van der Waals surface area contributed by atoms with Gasteiger partial charge in [0.2, 0.25) is 0 Å². The molecule has 0 spiro atoms. The summed E-state index contributed by atoms with van der Waals surface area (Å²) >= 11 is 1.39. The molecule has 1 aromatic heterocycles. The molecule has 1 aromatic carbocycles. The van der Waals surface area contributed by atoms with Crippen molar-refractivity contribution in [3.05, 3.63) is 40.2 Å².